The van der Waals surface area contributed by atoms with Crippen LogP contribution in [0.4, 0.5) is 0 Å². The first kappa shape index (κ1) is 9.57. The molecule has 0 saturated carbocycles. The molecule has 0 amide bonds. The van der Waals surface area contributed by atoms with E-state index in [0.29, 0.717) is 5.41 Å². The van der Waals surface area contributed by atoms with Crippen LogP contribution in [0.2, 0.25) is 0 Å². The summed E-state index contributed by atoms with van der Waals surface area (Å²) in [6, 6.07) is 1.82. The second kappa shape index (κ2) is 3.17. The summed E-state index contributed by atoms with van der Waals surface area (Å²) in [4.78, 5) is 0. The van der Waals surface area contributed by atoms with Gasteiger partial charge in [0.1, 0.15) is 12.1 Å². The van der Waals surface area contributed by atoms with Crippen LogP contribution >= 0.6 is 0 Å². The van der Waals surface area contributed by atoms with Gasteiger partial charge in [-0.05, 0) is 11.8 Å². The van der Waals surface area contributed by atoms with E-state index in [4.69, 9.17) is 4.52 Å². The van der Waals surface area contributed by atoms with E-state index in [2.05, 4.69) is 33.8 Å². The fraction of sp³-hybridized carbons (Fsp3) is 0.545. The Morgan fingerprint density at radius 2 is 2.25 bits per heavy atom. The van der Waals surface area contributed by atoms with Crippen LogP contribution in [0, 0.1) is 5.41 Å². The molecule has 1 aliphatic rings. The Bertz CT molecular complexity index is 498. The number of hydrogen-bond donors (Lipinski definition) is 0. The van der Waals surface area contributed by atoms with Gasteiger partial charge in [-0.15, -0.1) is 10.2 Å². The first-order valence-electron chi connectivity index (χ1n) is 5.49. The van der Waals surface area contributed by atoms with Gasteiger partial charge in [-0.25, -0.2) is 0 Å². The lowest BCUT2D eigenvalue weighted by molar-refractivity contribution is 0.248. The van der Waals surface area contributed by atoms with Gasteiger partial charge in [0.25, 0.3) is 0 Å². The predicted molar refractivity (Wildman–Crippen MR) is 57.6 cm³/mol. The Morgan fingerprint density at radius 1 is 1.38 bits per heavy atom. The Balaban J connectivity index is 2.07. The number of hydrogen-bond acceptors (Lipinski definition) is 4. The maximum absolute atomic E-state index is 4.85. The zero-order valence-corrected chi connectivity index (χ0v) is 9.47. The third kappa shape index (κ3) is 1.43. The molecule has 0 spiro atoms. The molecule has 0 bridgehead atoms. The fourth-order valence-corrected chi connectivity index (χ4v) is 2.16. The largest absolute Gasteiger partial charge is 0.364 e. The van der Waals surface area contributed by atoms with E-state index in [1.54, 1.807) is 6.26 Å². The molecular weight excluding hydrogens is 204 g/mol. The summed E-state index contributed by atoms with van der Waals surface area (Å²) in [6.45, 7) is 5.47. The van der Waals surface area contributed by atoms with Gasteiger partial charge in [-0.2, -0.15) is 0 Å². The van der Waals surface area contributed by atoms with Crippen LogP contribution in [-0.4, -0.2) is 19.9 Å². The maximum atomic E-state index is 4.85. The highest BCUT2D eigenvalue weighted by molar-refractivity contribution is 5.48. The lowest BCUT2D eigenvalue weighted by atomic mass is 9.85. The maximum Gasteiger partial charge on any atom is 0.186 e. The van der Waals surface area contributed by atoms with Crippen molar-refractivity contribution in [3.8, 4) is 11.5 Å². The second-order valence-corrected chi connectivity index (χ2v) is 5.07. The molecule has 0 saturated heterocycles. The summed E-state index contributed by atoms with van der Waals surface area (Å²) in [5.74, 6) is 1.87. The molecule has 0 fully saturated rings. The number of nitrogens with zero attached hydrogens (tertiary/aromatic N) is 4. The van der Waals surface area contributed by atoms with Crippen LogP contribution in [-0.2, 0) is 13.0 Å². The van der Waals surface area contributed by atoms with Crippen molar-refractivity contribution >= 4 is 0 Å². The minimum atomic E-state index is 0.299. The fourth-order valence-electron chi connectivity index (χ4n) is 2.16. The van der Waals surface area contributed by atoms with Crippen LogP contribution in [0.3, 0.4) is 0 Å². The van der Waals surface area contributed by atoms with Gasteiger partial charge >= 0.3 is 0 Å². The number of aromatic nitrogens is 4. The summed E-state index contributed by atoms with van der Waals surface area (Å²) >= 11 is 0. The van der Waals surface area contributed by atoms with Crippen LogP contribution in [0.15, 0.2) is 16.9 Å². The van der Waals surface area contributed by atoms with Crippen molar-refractivity contribution < 1.29 is 4.52 Å². The van der Waals surface area contributed by atoms with E-state index in [-0.39, 0.29) is 0 Å². The molecule has 16 heavy (non-hydrogen) atoms. The van der Waals surface area contributed by atoms with Crippen molar-refractivity contribution in [2.24, 2.45) is 5.41 Å². The smallest absolute Gasteiger partial charge is 0.186 e. The Kier molecular flexibility index (Phi) is 1.89. The van der Waals surface area contributed by atoms with Gasteiger partial charge in [-0.1, -0.05) is 19.0 Å². The summed E-state index contributed by atoms with van der Waals surface area (Å²) in [7, 11) is 0. The minimum Gasteiger partial charge on any atom is -0.364 e. The molecule has 2 aromatic rings. The van der Waals surface area contributed by atoms with E-state index in [1.807, 2.05) is 6.07 Å². The third-order valence-electron chi connectivity index (χ3n) is 3.11. The molecule has 3 heterocycles. The highest BCUT2D eigenvalue weighted by atomic mass is 16.5. The van der Waals surface area contributed by atoms with Gasteiger partial charge in [0, 0.05) is 19.0 Å². The average Bonchev–Trinajstić information content (AvgIpc) is 2.82. The summed E-state index contributed by atoms with van der Waals surface area (Å²) in [5, 5.41) is 12.3. The van der Waals surface area contributed by atoms with Gasteiger partial charge < -0.3 is 9.09 Å². The monoisotopic (exact) mass is 218 g/mol. The van der Waals surface area contributed by atoms with E-state index in [9.17, 15) is 0 Å². The standard InChI is InChI=1S/C11H14N4O/c1-11(2)5-3-9-12-13-10(15(9)7-11)8-4-6-16-14-8/h4,6H,3,5,7H2,1-2H3. The molecular formula is C11H14N4O. The molecule has 5 heteroatoms. The molecule has 5 nitrogen and oxygen atoms in total. The molecule has 84 valence electrons. The van der Waals surface area contributed by atoms with Gasteiger partial charge in [0.2, 0.25) is 0 Å². The molecule has 0 unspecified atom stereocenters. The first-order chi connectivity index (χ1) is 7.66. The normalized spacial score (nSPS) is 18.4. The average molecular weight is 218 g/mol. The van der Waals surface area contributed by atoms with E-state index >= 15 is 0 Å². The Morgan fingerprint density at radius 3 is 3.00 bits per heavy atom. The van der Waals surface area contributed by atoms with Crippen molar-refractivity contribution in [1.82, 2.24) is 19.9 Å². The van der Waals surface area contributed by atoms with Gasteiger partial charge in [0.05, 0.1) is 0 Å². The predicted octanol–water partition coefficient (Wildman–Crippen LogP) is 1.91. The molecule has 2 aromatic heterocycles. The van der Waals surface area contributed by atoms with E-state index in [0.717, 1.165) is 36.7 Å². The molecule has 0 aliphatic carbocycles. The Labute approximate surface area is 93.5 Å². The number of fused-ring (bicyclic) bond motifs is 1. The van der Waals surface area contributed by atoms with Gasteiger partial charge in [-0.3, -0.25) is 0 Å². The quantitative estimate of drug-likeness (QED) is 0.733. The van der Waals surface area contributed by atoms with Gasteiger partial charge in [0.15, 0.2) is 11.5 Å². The zero-order chi connectivity index (χ0) is 11.2. The summed E-state index contributed by atoms with van der Waals surface area (Å²) in [6.07, 6.45) is 3.70. The van der Waals surface area contributed by atoms with Crippen molar-refractivity contribution in [3.05, 3.63) is 18.2 Å². The SMILES string of the molecule is CC1(C)CCc2nnc(-c3ccon3)n2C1. The Hall–Kier alpha value is -1.65. The molecule has 0 N–H and O–H groups in total. The lowest BCUT2D eigenvalue weighted by Crippen LogP contribution is -2.27. The molecule has 3 rings (SSSR count). The van der Waals surface area contributed by atoms with Crippen molar-refractivity contribution in [2.75, 3.05) is 0 Å². The third-order valence-corrected chi connectivity index (χ3v) is 3.11. The highest BCUT2D eigenvalue weighted by Crippen LogP contribution is 2.32. The van der Waals surface area contributed by atoms with Crippen LogP contribution in [0.1, 0.15) is 26.1 Å². The van der Waals surface area contributed by atoms with Crippen molar-refractivity contribution in [2.45, 2.75) is 33.2 Å². The van der Waals surface area contributed by atoms with E-state index in [1.165, 1.54) is 0 Å². The summed E-state index contributed by atoms with van der Waals surface area (Å²) in [5.41, 5.74) is 1.06. The topological polar surface area (TPSA) is 56.7 Å². The second-order valence-electron chi connectivity index (χ2n) is 5.07. The summed E-state index contributed by atoms with van der Waals surface area (Å²) < 4.78 is 7.00. The van der Waals surface area contributed by atoms with Crippen LogP contribution in [0.25, 0.3) is 11.5 Å². The molecule has 0 atom stereocenters. The lowest BCUT2D eigenvalue weighted by Gasteiger charge is -2.30. The number of aryl methyl sites for hydroxylation is 1. The first-order valence-corrected chi connectivity index (χ1v) is 5.49. The van der Waals surface area contributed by atoms with E-state index < -0.39 is 0 Å². The van der Waals surface area contributed by atoms with Crippen LogP contribution < -0.4 is 0 Å². The minimum absolute atomic E-state index is 0.299. The highest BCUT2D eigenvalue weighted by Gasteiger charge is 2.29. The number of rotatable bonds is 1. The van der Waals surface area contributed by atoms with Crippen molar-refractivity contribution in [1.29, 1.82) is 0 Å². The zero-order valence-electron chi connectivity index (χ0n) is 9.47. The van der Waals surface area contributed by atoms with Crippen LogP contribution in [0.5, 0.6) is 0 Å². The molecule has 0 aromatic carbocycles. The molecule has 1 aliphatic heterocycles. The molecule has 0 radical (unpaired) electrons. The van der Waals surface area contributed by atoms with Crippen molar-refractivity contribution in [3.63, 3.8) is 0 Å².